The molecule has 0 rings (SSSR count). The van der Waals surface area contributed by atoms with Crippen LogP contribution in [0.15, 0.2) is 85.1 Å². The Balaban J connectivity index is 4.37. The van der Waals surface area contributed by atoms with Gasteiger partial charge < -0.3 is 34.0 Å². The lowest BCUT2D eigenvalue weighted by atomic mass is 10.0. The van der Waals surface area contributed by atoms with E-state index in [9.17, 15) is 24.5 Å². The third-order valence-corrected chi connectivity index (χ3v) is 11.7. The van der Waals surface area contributed by atoms with Crippen LogP contribution in [0.25, 0.3) is 0 Å². The molecule has 0 aromatic carbocycles. The first-order chi connectivity index (χ1) is 30.4. The molecule has 9 nitrogen and oxygen atoms in total. The number of aliphatic hydroxyl groups excluding tert-OH is 2. The van der Waals surface area contributed by atoms with E-state index in [1.54, 1.807) is 0 Å². The lowest BCUT2D eigenvalue weighted by Crippen LogP contribution is -2.51. The van der Waals surface area contributed by atoms with E-state index in [0.29, 0.717) is 30.3 Å². The number of phosphoric ester groups is 1. The highest BCUT2D eigenvalue weighted by molar-refractivity contribution is 7.45. The summed E-state index contributed by atoms with van der Waals surface area (Å²) < 4.78 is 23.2. The smallest absolute Gasteiger partial charge is 0.268 e. The van der Waals surface area contributed by atoms with Gasteiger partial charge in [-0.05, 0) is 89.9 Å². The Hall–Kier alpha value is -2.36. The fourth-order valence-corrected chi connectivity index (χ4v) is 7.45. The summed E-state index contributed by atoms with van der Waals surface area (Å²) in [6.07, 6.45) is 56.3. The molecule has 0 aliphatic heterocycles. The van der Waals surface area contributed by atoms with E-state index in [1.807, 2.05) is 21.1 Å². The summed E-state index contributed by atoms with van der Waals surface area (Å²) in [5, 5.41) is 24.6. The van der Waals surface area contributed by atoms with Crippen LogP contribution in [-0.4, -0.2) is 79.8 Å². The van der Waals surface area contributed by atoms with Gasteiger partial charge >= 0.3 is 0 Å². The highest BCUT2D eigenvalue weighted by atomic mass is 31.2. The maximum Gasteiger partial charge on any atom is 0.268 e. The van der Waals surface area contributed by atoms with Crippen LogP contribution in [-0.2, 0) is 18.4 Å². The Bertz CT molecular complexity index is 1320. The molecule has 1 amide bonds. The van der Waals surface area contributed by atoms with E-state index in [2.05, 4.69) is 104 Å². The SMILES string of the molecule is CC/C=C\C/C=C\C/C=C\C/C=C\C/C=C\C/C=C\CCCCCCCCCCC(=O)NC(COP(=O)([O-])OCC[N+](C)(C)C)C(O)C(O)CCC/C=C/CCCCCCCCC. The van der Waals surface area contributed by atoms with Gasteiger partial charge in [-0.15, -0.1) is 0 Å². The maximum atomic E-state index is 12.9. The van der Waals surface area contributed by atoms with Crippen molar-refractivity contribution in [3.8, 4) is 0 Å². The van der Waals surface area contributed by atoms with Crippen molar-refractivity contribution >= 4 is 13.7 Å². The number of rotatable bonds is 44. The van der Waals surface area contributed by atoms with Crippen molar-refractivity contribution in [2.75, 3.05) is 40.9 Å². The Morgan fingerprint density at radius 2 is 1.00 bits per heavy atom. The number of amides is 1. The van der Waals surface area contributed by atoms with Crippen molar-refractivity contribution in [3.05, 3.63) is 85.1 Å². The summed E-state index contributed by atoms with van der Waals surface area (Å²) in [6, 6.07) is -1.10. The van der Waals surface area contributed by atoms with E-state index in [4.69, 9.17) is 9.05 Å². The number of unbranched alkanes of at least 4 members (excludes halogenated alkanes) is 16. The molecule has 0 radical (unpaired) electrons. The second-order valence-electron chi connectivity index (χ2n) is 17.9. The minimum atomic E-state index is -4.68. The van der Waals surface area contributed by atoms with Crippen molar-refractivity contribution in [2.45, 2.75) is 205 Å². The van der Waals surface area contributed by atoms with Gasteiger partial charge in [-0.1, -0.05) is 176 Å². The molecule has 0 saturated carbocycles. The minimum absolute atomic E-state index is 0.0523. The third kappa shape index (κ3) is 44.6. The summed E-state index contributed by atoms with van der Waals surface area (Å²) in [4.78, 5) is 25.4. The van der Waals surface area contributed by atoms with E-state index in [-0.39, 0.29) is 18.9 Å². The first-order valence-corrected chi connectivity index (χ1v) is 26.5. The van der Waals surface area contributed by atoms with E-state index >= 15 is 0 Å². The van der Waals surface area contributed by atoms with Gasteiger partial charge in [0.05, 0.1) is 39.9 Å². The normalized spacial score (nSPS) is 15.4. The fourth-order valence-electron chi connectivity index (χ4n) is 6.73. The number of quaternary nitrogens is 1. The third-order valence-electron chi connectivity index (χ3n) is 10.7. The van der Waals surface area contributed by atoms with Gasteiger partial charge in [-0.3, -0.25) is 9.36 Å². The van der Waals surface area contributed by atoms with Gasteiger partial charge in [0.25, 0.3) is 7.82 Å². The molecule has 3 N–H and O–H groups in total. The zero-order valence-corrected chi connectivity index (χ0v) is 41.8. The second-order valence-corrected chi connectivity index (χ2v) is 19.3. The monoisotopic (exact) mass is 903 g/mol. The molecule has 4 unspecified atom stereocenters. The molecule has 0 saturated heterocycles. The number of carbonyl (C=O) groups excluding carboxylic acids is 1. The fraction of sp³-hybridized carbons (Fsp3) is 0.717. The summed E-state index contributed by atoms with van der Waals surface area (Å²) in [6.45, 7) is 4.27. The van der Waals surface area contributed by atoms with E-state index in [0.717, 1.165) is 77.0 Å². The van der Waals surface area contributed by atoms with Crippen LogP contribution in [0.5, 0.6) is 0 Å². The number of aliphatic hydroxyl groups is 2. The molecule has 0 fully saturated rings. The minimum Gasteiger partial charge on any atom is -0.756 e. The van der Waals surface area contributed by atoms with Crippen molar-refractivity contribution in [1.82, 2.24) is 5.32 Å². The molecule has 364 valence electrons. The van der Waals surface area contributed by atoms with Gasteiger partial charge in [0, 0.05) is 6.42 Å². The largest absolute Gasteiger partial charge is 0.756 e. The van der Waals surface area contributed by atoms with Gasteiger partial charge in [-0.2, -0.15) is 0 Å². The molecule has 63 heavy (non-hydrogen) atoms. The quantitative estimate of drug-likeness (QED) is 0.0240. The summed E-state index contributed by atoms with van der Waals surface area (Å²) >= 11 is 0. The van der Waals surface area contributed by atoms with Gasteiger partial charge in [0.15, 0.2) is 0 Å². The number of carbonyl (C=O) groups is 1. The first kappa shape index (κ1) is 60.6. The van der Waals surface area contributed by atoms with Crippen molar-refractivity contribution in [1.29, 1.82) is 0 Å². The van der Waals surface area contributed by atoms with Crippen LogP contribution in [0.1, 0.15) is 187 Å². The van der Waals surface area contributed by atoms with Crippen LogP contribution in [0.2, 0.25) is 0 Å². The summed E-state index contributed by atoms with van der Waals surface area (Å²) in [5.74, 6) is -0.302. The van der Waals surface area contributed by atoms with Crippen molar-refractivity contribution < 1.29 is 38.0 Å². The highest BCUT2D eigenvalue weighted by Crippen LogP contribution is 2.38. The highest BCUT2D eigenvalue weighted by Gasteiger charge is 2.29. The van der Waals surface area contributed by atoms with Gasteiger partial charge in [-0.25, -0.2) is 0 Å². The number of allylic oxidation sites excluding steroid dienone is 14. The molecule has 0 heterocycles. The number of phosphoric acid groups is 1. The van der Waals surface area contributed by atoms with Gasteiger partial charge in [0.1, 0.15) is 19.3 Å². The summed E-state index contributed by atoms with van der Waals surface area (Å²) in [5.41, 5.74) is 0. The molecule has 0 bridgehead atoms. The Morgan fingerprint density at radius 3 is 1.48 bits per heavy atom. The average molecular weight is 903 g/mol. The topological polar surface area (TPSA) is 128 Å². The number of likely N-dealkylation sites (N-methyl/N-ethyl adjacent to an activating group) is 1. The van der Waals surface area contributed by atoms with Gasteiger partial charge in [0.2, 0.25) is 5.91 Å². The van der Waals surface area contributed by atoms with Crippen molar-refractivity contribution in [2.24, 2.45) is 0 Å². The predicted octanol–water partition coefficient (Wildman–Crippen LogP) is 12.9. The number of nitrogens with one attached hydrogen (secondary N) is 1. The van der Waals surface area contributed by atoms with E-state index < -0.39 is 32.7 Å². The lowest BCUT2D eigenvalue weighted by molar-refractivity contribution is -0.870. The lowest BCUT2D eigenvalue weighted by Gasteiger charge is -2.31. The average Bonchev–Trinajstić information content (AvgIpc) is 3.24. The molecule has 0 aliphatic carbocycles. The first-order valence-electron chi connectivity index (χ1n) is 25.0. The number of hydrogen-bond donors (Lipinski definition) is 3. The Labute approximate surface area is 387 Å². The summed E-state index contributed by atoms with van der Waals surface area (Å²) in [7, 11) is 1.09. The number of hydrogen-bond acceptors (Lipinski definition) is 7. The van der Waals surface area contributed by atoms with Crippen LogP contribution < -0.4 is 10.2 Å². The number of nitrogens with zero attached hydrogens (tertiary/aromatic N) is 1. The molecule has 0 spiro atoms. The molecule has 0 aliphatic rings. The Kier molecular flexibility index (Phi) is 41.9. The molecular formula is C53H95N2O7P. The zero-order valence-electron chi connectivity index (χ0n) is 40.9. The van der Waals surface area contributed by atoms with Crippen LogP contribution in [0.3, 0.4) is 0 Å². The van der Waals surface area contributed by atoms with Crippen molar-refractivity contribution in [3.63, 3.8) is 0 Å². The molecular weight excluding hydrogens is 808 g/mol. The predicted molar refractivity (Wildman–Crippen MR) is 266 cm³/mol. The Morgan fingerprint density at radius 1 is 0.587 bits per heavy atom. The zero-order chi connectivity index (χ0) is 46.5. The molecule has 10 heteroatoms. The molecule has 0 aromatic heterocycles. The van der Waals surface area contributed by atoms with Crippen LogP contribution in [0, 0.1) is 0 Å². The molecule has 4 atom stereocenters. The maximum absolute atomic E-state index is 12.9. The van der Waals surface area contributed by atoms with Crippen LogP contribution >= 0.6 is 7.82 Å². The molecule has 0 aromatic rings. The second kappa shape index (κ2) is 43.5. The van der Waals surface area contributed by atoms with E-state index in [1.165, 1.54) is 70.6 Å². The van der Waals surface area contributed by atoms with Crippen LogP contribution in [0.4, 0.5) is 0 Å². The standard InChI is InChI=1S/C53H95N2O7P/c1-6-8-10-12-14-16-18-20-21-22-23-24-25-26-27-28-29-30-31-32-33-34-36-38-40-42-44-46-52(57)54-50(49-62-63(59,60)61-48-47-55(3,4)5)53(58)51(56)45-43-41-39-37-35-19-17-15-13-11-9-7-2/h8,10,14,16,20-21,23-24,26-27,29-30,37,39,50-51,53,56,58H,6-7,9,11-13,15,17-19,22,25,28,31-36,38,40-49H2,1-5H3,(H-,54,57,59,60)/b10-8-,16-14-,21-20-,24-23-,27-26-,30-29-,39-37+.